The van der Waals surface area contributed by atoms with Crippen molar-refractivity contribution in [2.24, 2.45) is 5.41 Å². The van der Waals surface area contributed by atoms with Gasteiger partial charge in [0.05, 0.1) is 6.10 Å². The van der Waals surface area contributed by atoms with Crippen molar-refractivity contribution in [3.8, 4) is 0 Å². The number of carbonyl (C=O) groups excluding carboxylic acids is 1. The van der Waals surface area contributed by atoms with Crippen LogP contribution in [0.15, 0.2) is 42.6 Å². The number of nitrogens with one attached hydrogen (secondary N) is 2. The largest absolute Gasteiger partial charge is 0.393 e. The maximum atomic E-state index is 12.0. The Bertz CT molecular complexity index is 566. The minimum atomic E-state index is -0.542. The van der Waals surface area contributed by atoms with Crippen molar-refractivity contribution in [3.63, 3.8) is 0 Å². The second kappa shape index (κ2) is 6.54. The molecule has 5 nitrogen and oxygen atoms in total. The van der Waals surface area contributed by atoms with Crippen molar-refractivity contribution in [3.05, 3.63) is 53.9 Å². The Hall–Kier alpha value is -2.14. The average Bonchev–Trinajstić information content (AvgIpc) is 3.00. The summed E-state index contributed by atoms with van der Waals surface area (Å²) in [6.45, 7) is 4.11. The summed E-state index contributed by atoms with van der Waals surface area (Å²) < 4.78 is 0. The smallest absolute Gasteiger partial charge is 0.269 e. The Morgan fingerprint density at radius 2 is 2.10 bits per heavy atom. The van der Waals surface area contributed by atoms with Gasteiger partial charge in [0.1, 0.15) is 5.69 Å². The monoisotopic (exact) mass is 287 g/mol. The first kappa shape index (κ1) is 15.3. The summed E-state index contributed by atoms with van der Waals surface area (Å²) in [5.74, 6) is -0.215. The van der Waals surface area contributed by atoms with Crippen molar-refractivity contribution in [2.45, 2.75) is 26.4 Å². The fourth-order valence-electron chi connectivity index (χ4n) is 2.18. The lowest BCUT2D eigenvalue weighted by Gasteiger charge is -2.33. The number of aromatic nitrogens is 2. The topological polar surface area (TPSA) is 78.0 Å². The standard InChI is InChI=1S/C16H21N3O2/c1-12(20)16(2,10-13-6-4-3-5-7-13)11-17-15(21)14-8-9-18-19-14/h3-9,12,20H,10-11H2,1-2H3,(H,17,21)(H,18,19)/t12-,16+/m0/s1. The van der Waals surface area contributed by atoms with E-state index in [-0.39, 0.29) is 5.91 Å². The van der Waals surface area contributed by atoms with Crippen molar-refractivity contribution >= 4 is 5.91 Å². The molecule has 0 unspecified atom stereocenters. The highest BCUT2D eigenvalue weighted by molar-refractivity contribution is 5.92. The molecule has 0 aliphatic carbocycles. The molecule has 3 N–H and O–H groups in total. The van der Waals surface area contributed by atoms with Crippen LogP contribution in [0.2, 0.25) is 0 Å². The van der Waals surface area contributed by atoms with E-state index < -0.39 is 11.5 Å². The van der Waals surface area contributed by atoms with Gasteiger partial charge in [0.15, 0.2) is 0 Å². The molecule has 2 aromatic rings. The Balaban J connectivity index is 2.03. The van der Waals surface area contributed by atoms with Crippen LogP contribution in [0.1, 0.15) is 29.9 Å². The number of aliphatic hydroxyl groups is 1. The van der Waals surface area contributed by atoms with Crippen LogP contribution in [0.4, 0.5) is 0 Å². The summed E-state index contributed by atoms with van der Waals surface area (Å²) in [6.07, 6.45) is 1.68. The molecule has 0 aliphatic rings. The number of aliphatic hydroxyl groups excluding tert-OH is 1. The lowest BCUT2D eigenvalue weighted by Crippen LogP contribution is -2.43. The van der Waals surface area contributed by atoms with Crippen LogP contribution in [-0.4, -0.2) is 33.9 Å². The third kappa shape index (κ3) is 3.92. The van der Waals surface area contributed by atoms with E-state index in [4.69, 9.17) is 0 Å². The van der Waals surface area contributed by atoms with Gasteiger partial charge < -0.3 is 10.4 Å². The van der Waals surface area contributed by atoms with E-state index >= 15 is 0 Å². The van der Waals surface area contributed by atoms with Gasteiger partial charge in [-0.25, -0.2) is 0 Å². The second-order valence-corrected chi connectivity index (χ2v) is 5.65. The van der Waals surface area contributed by atoms with Crippen molar-refractivity contribution in [1.29, 1.82) is 0 Å². The van der Waals surface area contributed by atoms with E-state index in [9.17, 15) is 9.90 Å². The zero-order valence-electron chi connectivity index (χ0n) is 12.3. The summed E-state index contributed by atoms with van der Waals surface area (Å²) in [6, 6.07) is 11.6. The lowest BCUT2D eigenvalue weighted by atomic mass is 9.79. The second-order valence-electron chi connectivity index (χ2n) is 5.65. The molecule has 5 heteroatoms. The number of hydrogen-bond donors (Lipinski definition) is 3. The number of carbonyl (C=O) groups is 1. The Kier molecular flexibility index (Phi) is 4.75. The first-order chi connectivity index (χ1) is 10.0. The highest BCUT2D eigenvalue weighted by atomic mass is 16.3. The number of hydrogen-bond acceptors (Lipinski definition) is 3. The summed E-state index contributed by atoms with van der Waals surface area (Å²) in [7, 11) is 0. The highest BCUT2D eigenvalue weighted by Crippen LogP contribution is 2.26. The predicted molar refractivity (Wildman–Crippen MR) is 80.9 cm³/mol. The van der Waals surface area contributed by atoms with E-state index in [1.807, 2.05) is 37.3 Å². The molecule has 0 radical (unpaired) electrons. The normalized spacial score (nSPS) is 15.2. The molecule has 112 valence electrons. The van der Waals surface area contributed by atoms with Crippen LogP contribution in [-0.2, 0) is 6.42 Å². The van der Waals surface area contributed by atoms with E-state index in [0.717, 1.165) is 5.56 Å². The van der Waals surface area contributed by atoms with Gasteiger partial charge in [-0.3, -0.25) is 9.89 Å². The number of amides is 1. The highest BCUT2D eigenvalue weighted by Gasteiger charge is 2.31. The summed E-state index contributed by atoms with van der Waals surface area (Å²) in [5.41, 5.74) is 1.12. The molecule has 0 bridgehead atoms. The van der Waals surface area contributed by atoms with Gasteiger partial charge in [0.2, 0.25) is 0 Å². The Morgan fingerprint density at radius 3 is 2.67 bits per heavy atom. The lowest BCUT2D eigenvalue weighted by molar-refractivity contribution is 0.0499. The number of H-pyrrole nitrogens is 1. The molecule has 1 aromatic carbocycles. The van der Waals surface area contributed by atoms with Crippen molar-refractivity contribution in [2.75, 3.05) is 6.54 Å². The van der Waals surface area contributed by atoms with Crippen LogP contribution in [0, 0.1) is 5.41 Å². The summed E-state index contributed by atoms with van der Waals surface area (Å²) in [5, 5.41) is 19.3. The predicted octanol–water partition coefficient (Wildman–Crippen LogP) is 1.77. The van der Waals surface area contributed by atoms with Crippen LogP contribution in [0.3, 0.4) is 0 Å². The van der Waals surface area contributed by atoms with Crippen molar-refractivity contribution < 1.29 is 9.90 Å². The maximum Gasteiger partial charge on any atom is 0.269 e. The van der Waals surface area contributed by atoms with Crippen LogP contribution in [0.25, 0.3) is 0 Å². The maximum absolute atomic E-state index is 12.0. The summed E-state index contributed by atoms with van der Waals surface area (Å²) >= 11 is 0. The SMILES string of the molecule is C[C@H](O)[C@@](C)(CNC(=O)c1ccn[nH]1)Cc1ccccc1. The molecule has 0 saturated heterocycles. The third-order valence-electron chi connectivity index (χ3n) is 3.86. The molecule has 1 amide bonds. The first-order valence-corrected chi connectivity index (χ1v) is 7.01. The zero-order valence-corrected chi connectivity index (χ0v) is 12.3. The molecule has 0 spiro atoms. The quantitative estimate of drug-likeness (QED) is 0.757. The van der Waals surface area contributed by atoms with Gasteiger partial charge in [0, 0.05) is 18.2 Å². The molecule has 21 heavy (non-hydrogen) atoms. The van der Waals surface area contributed by atoms with E-state index in [2.05, 4.69) is 15.5 Å². The molecule has 1 aromatic heterocycles. The average molecular weight is 287 g/mol. The number of rotatable bonds is 6. The molecule has 0 saturated carbocycles. The third-order valence-corrected chi connectivity index (χ3v) is 3.86. The minimum Gasteiger partial charge on any atom is -0.393 e. The number of benzene rings is 1. The van der Waals surface area contributed by atoms with Gasteiger partial charge >= 0.3 is 0 Å². The van der Waals surface area contributed by atoms with E-state index in [0.29, 0.717) is 18.7 Å². The van der Waals surface area contributed by atoms with Gasteiger partial charge in [-0.05, 0) is 25.0 Å². The fourth-order valence-corrected chi connectivity index (χ4v) is 2.18. The first-order valence-electron chi connectivity index (χ1n) is 7.01. The zero-order chi connectivity index (χ0) is 15.3. The van der Waals surface area contributed by atoms with E-state index in [1.165, 1.54) is 6.20 Å². The Labute approximate surface area is 124 Å². The number of aromatic amines is 1. The molecule has 1 heterocycles. The molecular formula is C16H21N3O2. The van der Waals surface area contributed by atoms with Gasteiger partial charge in [-0.15, -0.1) is 0 Å². The van der Waals surface area contributed by atoms with Crippen LogP contribution < -0.4 is 5.32 Å². The number of nitrogens with zero attached hydrogens (tertiary/aromatic N) is 1. The molecule has 0 aliphatic heterocycles. The molecule has 0 fully saturated rings. The molecule has 2 rings (SSSR count). The van der Waals surface area contributed by atoms with Crippen LogP contribution >= 0.6 is 0 Å². The van der Waals surface area contributed by atoms with Gasteiger partial charge in [0.25, 0.3) is 5.91 Å². The summed E-state index contributed by atoms with van der Waals surface area (Å²) in [4.78, 5) is 12.0. The molecule has 2 atom stereocenters. The van der Waals surface area contributed by atoms with Gasteiger partial charge in [-0.2, -0.15) is 5.10 Å². The van der Waals surface area contributed by atoms with Crippen molar-refractivity contribution in [1.82, 2.24) is 15.5 Å². The minimum absolute atomic E-state index is 0.215. The fraction of sp³-hybridized carbons (Fsp3) is 0.375. The Morgan fingerprint density at radius 1 is 1.38 bits per heavy atom. The van der Waals surface area contributed by atoms with E-state index in [1.54, 1.807) is 13.0 Å². The van der Waals surface area contributed by atoms with Crippen LogP contribution in [0.5, 0.6) is 0 Å². The van der Waals surface area contributed by atoms with Gasteiger partial charge in [-0.1, -0.05) is 37.3 Å². The molecular weight excluding hydrogens is 266 g/mol.